The van der Waals surface area contributed by atoms with E-state index in [9.17, 15) is 9.18 Å². The van der Waals surface area contributed by atoms with Gasteiger partial charge >= 0.3 is 5.97 Å². The molecule has 112 valence electrons. The molecule has 21 heavy (non-hydrogen) atoms. The quantitative estimate of drug-likeness (QED) is 0.785. The summed E-state index contributed by atoms with van der Waals surface area (Å²) in [6, 6.07) is 6.57. The Kier molecular flexibility index (Phi) is 5.12. The van der Waals surface area contributed by atoms with Crippen molar-refractivity contribution in [3.05, 3.63) is 29.6 Å². The summed E-state index contributed by atoms with van der Waals surface area (Å²) in [6.45, 7) is 5.10. The number of nitrogens with zero attached hydrogens (tertiary/aromatic N) is 3. The third-order valence-corrected chi connectivity index (χ3v) is 3.47. The van der Waals surface area contributed by atoms with E-state index < -0.39 is 5.82 Å². The van der Waals surface area contributed by atoms with Crippen molar-refractivity contribution < 1.29 is 13.9 Å². The van der Waals surface area contributed by atoms with Gasteiger partial charge in [-0.05, 0) is 19.1 Å². The van der Waals surface area contributed by atoms with Gasteiger partial charge in [0.25, 0.3) is 0 Å². The lowest BCUT2D eigenvalue weighted by Crippen LogP contribution is -2.48. The molecule has 0 aliphatic carbocycles. The van der Waals surface area contributed by atoms with Gasteiger partial charge in [0.1, 0.15) is 17.4 Å². The minimum Gasteiger partial charge on any atom is -0.465 e. The molecule has 1 aromatic carbocycles. The van der Waals surface area contributed by atoms with E-state index in [1.54, 1.807) is 19.1 Å². The van der Waals surface area contributed by atoms with Crippen LogP contribution in [-0.4, -0.2) is 50.2 Å². The zero-order chi connectivity index (χ0) is 15.2. The van der Waals surface area contributed by atoms with Crippen LogP contribution in [0.5, 0.6) is 0 Å². The van der Waals surface area contributed by atoms with Crippen molar-refractivity contribution in [2.75, 3.05) is 44.2 Å². The number of anilines is 1. The Labute approximate surface area is 123 Å². The summed E-state index contributed by atoms with van der Waals surface area (Å²) in [6.07, 6.45) is 0. The second-order valence-electron chi connectivity index (χ2n) is 4.81. The van der Waals surface area contributed by atoms with Crippen LogP contribution in [0.2, 0.25) is 0 Å². The number of nitriles is 1. The molecule has 0 saturated carbocycles. The normalized spacial score (nSPS) is 15.6. The summed E-state index contributed by atoms with van der Waals surface area (Å²) < 4.78 is 18.5. The van der Waals surface area contributed by atoms with Crippen LogP contribution in [0.3, 0.4) is 0 Å². The molecular weight excluding hydrogens is 273 g/mol. The fourth-order valence-corrected chi connectivity index (χ4v) is 2.42. The molecule has 1 aromatic rings. The van der Waals surface area contributed by atoms with E-state index in [0.29, 0.717) is 38.5 Å². The van der Waals surface area contributed by atoms with Crippen molar-refractivity contribution in [1.82, 2.24) is 4.90 Å². The molecule has 0 unspecified atom stereocenters. The molecule has 6 heteroatoms. The fraction of sp³-hybridized carbons (Fsp3) is 0.467. The zero-order valence-electron chi connectivity index (χ0n) is 12.0. The SMILES string of the molecule is CCOC(=O)CN1CCN(c2cccc(F)c2C#N)CC1. The predicted octanol–water partition coefficient (Wildman–Crippen LogP) is 1.38. The van der Waals surface area contributed by atoms with E-state index in [1.165, 1.54) is 6.07 Å². The number of carbonyl (C=O) groups excluding carboxylic acids is 1. The molecule has 0 aromatic heterocycles. The molecule has 1 aliphatic heterocycles. The predicted molar refractivity (Wildman–Crippen MR) is 76.4 cm³/mol. The molecule has 0 amide bonds. The Hall–Kier alpha value is -2.13. The molecule has 2 rings (SSSR count). The Bertz CT molecular complexity index is 548. The lowest BCUT2D eigenvalue weighted by Gasteiger charge is -2.35. The van der Waals surface area contributed by atoms with Crippen LogP contribution >= 0.6 is 0 Å². The van der Waals surface area contributed by atoms with E-state index in [4.69, 9.17) is 10.00 Å². The molecule has 5 nitrogen and oxygen atoms in total. The van der Waals surface area contributed by atoms with Crippen molar-refractivity contribution in [2.24, 2.45) is 0 Å². The topological polar surface area (TPSA) is 56.6 Å². The summed E-state index contributed by atoms with van der Waals surface area (Å²) in [5.41, 5.74) is 0.699. The van der Waals surface area contributed by atoms with Crippen LogP contribution < -0.4 is 4.90 Å². The van der Waals surface area contributed by atoms with Gasteiger partial charge in [-0.2, -0.15) is 5.26 Å². The second-order valence-corrected chi connectivity index (χ2v) is 4.81. The Morgan fingerprint density at radius 1 is 1.38 bits per heavy atom. The van der Waals surface area contributed by atoms with E-state index in [1.807, 2.05) is 15.9 Å². The molecule has 1 fully saturated rings. The molecular formula is C15H18FN3O2. The van der Waals surface area contributed by atoms with Crippen LogP contribution in [0.4, 0.5) is 10.1 Å². The second kappa shape index (κ2) is 7.04. The van der Waals surface area contributed by atoms with Crippen LogP contribution in [0.15, 0.2) is 18.2 Å². The highest BCUT2D eigenvalue weighted by molar-refractivity contribution is 5.71. The highest BCUT2D eigenvalue weighted by Crippen LogP contribution is 2.23. The van der Waals surface area contributed by atoms with Gasteiger partial charge < -0.3 is 9.64 Å². The van der Waals surface area contributed by atoms with Crippen molar-refractivity contribution in [2.45, 2.75) is 6.92 Å². The van der Waals surface area contributed by atoms with Crippen LogP contribution in [0.25, 0.3) is 0 Å². The summed E-state index contributed by atoms with van der Waals surface area (Å²) in [5, 5.41) is 9.07. The lowest BCUT2D eigenvalue weighted by atomic mass is 10.1. The molecule has 0 radical (unpaired) electrons. The largest absolute Gasteiger partial charge is 0.465 e. The van der Waals surface area contributed by atoms with Gasteiger partial charge in [0.15, 0.2) is 0 Å². The first-order valence-electron chi connectivity index (χ1n) is 6.97. The maximum Gasteiger partial charge on any atom is 0.320 e. The molecule has 0 N–H and O–H groups in total. The van der Waals surface area contributed by atoms with Crippen LogP contribution in [0, 0.1) is 17.1 Å². The first-order valence-corrected chi connectivity index (χ1v) is 6.97. The monoisotopic (exact) mass is 291 g/mol. The van der Waals surface area contributed by atoms with Crippen molar-refractivity contribution in [3.63, 3.8) is 0 Å². The molecule has 1 heterocycles. The summed E-state index contributed by atoms with van der Waals surface area (Å²) in [5.74, 6) is -0.724. The zero-order valence-corrected chi connectivity index (χ0v) is 12.0. The minimum absolute atomic E-state index is 0.0799. The number of hydrogen-bond acceptors (Lipinski definition) is 5. The van der Waals surface area contributed by atoms with E-state index in [-0.39, 0.29) is 18.1 Å². The molecule has 1 saturated heterocycles. The fourth-order valence-electron chi connectivity index (χ4n) is 2.42. The Morgan fingerprint density at radius 2 is 2.10 bits per heavy atom. The van der Waals surface area contributed by atoms with Gasteiger partial charge in [-0.3, -0.25) is 9.69 Å². The standard InChI is InChI=1S/C15H18FN3O2/c1-2-21-15(20)11-18-6-8-19(9-7-18)14-5-3-4-13(16)12(14)10-17/h3-5H,2,6-9,11H2,1H3. The summed E-state index contributed by atoms with van der Waals surface area (Å²) in [4.78, 5) is 15.4. The number of carbonyl (C=O) groups is 1. The third-order valence-electron chi connectivity index (χ3n) is 3.47. The highest BCUT2D eigenvalue weighted by atomic mass is 19.1. The maximum atomic E-state index is 13.6. The maximum absolute atomic E-state index is 13.6. The van der Waals surface area contributed by atoms with Gasteiger partial charge in [-0.25, -0.2) is 4.39 Å². The number of piperazine rings is 1. The number of rotatable bonds is 4. The van der Waals surface area contributed by atoms with Crippen molar-refractivity contribution in [1.29, 1.82) is 5.26 Å². The molecule has 0 spiro atoms. The Balaban J connectivity index is 1.97. The van der Waals surface area contributed by atoms with E-state index >= 15 is 0 Å². The first kappa shape index (κ1) is 15.3. The van der Waals surface area contributed by atoms with E-state index in [2.05, 4.69) is 0 Å². The number of esters is 1. The number of halogens is 1. The van der Waals surface area contributed by atoms with Gasteiger partial charge in [0, 0.05) is 26.2 Å². The van der Waals surface area contributed by atoms with Crippen molar-refractivity contribution >= 4 is 11.7 Å². The van der Waals surface area contributed by atoms with Gasteiger partial charge in [0.05, 0.1) is 18.8 Å². The molecule has 0 atom stereocenters. The van der Waals surface area contributed by atoms with Gasteiger partial charge in [-0.1, -0.05) is 6.07 Å². The van der Waals surface area contributed by atoms with Crippen molar-refractivity contribution in [3.8, 4) is 6.07 Å². The summed E-state index contributed by atoms with van der Waals surface area (Å²) >= 11 is 0. The number of hydrogen-bond donors (Lipinski definition) is 0. The number of benzene rings is 1. The lowest BCUT2D eigenvalue weighted by molar-refractivity contribution is -0.144. The average molecular weight is 291 g/mol. The van der Waals surface area contributed by atoms with Crippen LogP contribution in [0.1, 0.15) is 12.5 Å². The third kappa shape index (κ3) is 3.70. The minimum atomic E-state index is -0.496. The van der Waals surface area contributed by atoms with Crippen LogP contribution in [-0.2, 0) is 9.53 Å². The number of ether oxygens (including phenoxy) is 1. The molecule has 0 bridgehead atoms. The summed E-state index contributed by atoms with van der Waals surface area (Å²) in [7, 11) is 0. The smallest absolute Gasteiger partial charge is 0.320 e. The Morgan fingerprint density at radius 3 is 2.71 bits per heavy atom. The highest BCUT2D eigenvalue weighted by Gasteiger charge is 2.22. The van der Waals surface area contributed by atoms with Gasteiger partial charge in [0.2, 0.25) is 0 Å². The van der Waals surface area contributed by atoms with E-state index in [0.717, 1.165) is 0 Å². The first-order chi connectivity index (χ1) is 10.2. The van der Waals surface area contributed by atoms with Gasteiger partial charge in [-0.15, -0.1) is 0 Å². The molecule has 1 aliphatic rings. The average Bonchev–Trinajstić information content (AvgIpc) is 2.48.